The third-order valence-electron chi connectivity index (χ3n) is 5.51. The van der Waals surface area contributed by atoms with Gasteiger partial charge >= 0.3 is 6.03 Å². The number of aliphatic hydroxyl groups excluding tert-OH is 1. The van der Waals surface area contributed by atoms with Crippen molar-refractivity contribution in [1.29, 1.82) is 5.41 Å². The Morgan fingerprint density at radius 1 is 1.36 bits per heavy atom. The molecule has 1 atom stereocenters. The van der Waals surface area contributed by atoms with Crippen molar-refractivity contribution in [2.45, 2.75) is 39.0 Å². The maximum atomic E-state index is 12.6. The van der Waals surface area contributed by atoms with Gasteiger partial charge in [0.2, 0.25) is 0 Å². The van der Waals surface area contributed by atoms with Crippen molar-refractivity contribution >= 4 is 27.8 Å². The summed E-state index contributed by atoms with van der Waals surface area (Å²) in [6.45, 7) is 7.56. The number of rotatable bonds is 4. The molecule has 0 aromatic heterocycles. The maximum Gasteiger partial charge on any atom is 0.322 e. The monoisotopic (exact) mass is 409 g/mol. The molecule has 6 heteroatoms. The molecule has 2 amide bonds. The number of nitrogens with zero attached hydrogens (tertiary/aromatic N) is 1. The minimum atomic E-state index is -0.570. The largest absolute Gasteiger partial charge is 0.396 e. The van der Waals surface area contributed by atoms with Crippen LogP contribution in [0.25, 0.3) is 0 Å². The Labute approximate surface area is 158 Å². The maximum absolute atomic E-state index is 12.6. The summed E-state index contributed by atoms with van der Waals surface area (Å²) >= 11 is 3.44. The number of likely N-dealkylation sites (tertiary alicyclic amines) is 1. The number of benzene rings is 1. The Bertz CT molecular complexity index is 610. The highest BCUT2D eigenvalue weighted by Gasteiger charge is 2.37. The Morgan fingerprint density at radius 3 is 2.40 bits per heavy atom. The predicted octanol–water partition coefficient (Wildman–Crippen LogP) is 3.75. The molecule has 0 aliphatic carbocycles. The Balaban J connectivity index is 2.10. The third-order valence-corrected chi connectivity index (χ3v) is 6.04. The number of hydrogen-bond acceptors (Lipinski definition) is 3. The molecule has 1 aromatic rings. The summed E-state index contributed by atoms with van der Waals surface area (Å²) < 4.78 is 0.990. The number of nitrogens with one attached hydrogen (secondary N) is 2. The average molecular weight is 410 g/mol. The molecule has 0 saturated carbocycles. The topological polar surface area (TPSA) is 76.4 Å². The van der Waals surface area contributed by atoms with E-state index >= 15 is 0 Å². The van der Waals surface area contributed by atoms with E-state index in [0.29, 0.717) is 13.1 Å². The average Bonchev–Trinajstić information content (AvgIpc) is 2.61. The van der Waals surface area contributed by atoms with Gasteiger partial charge in [0.15, 0.2) is 0 Å². The first-order valence-corrected chi connectivity index (χ1v) is 9.60. The zero-order valence-electron chi connectivity index (χ0n) is 15.2. The fourth-order valence-electron chi connectivity index (χ4n) is 3.20. The van der Waals surface area contributed by atoms with E-state index in [1.165, 1.54) is 0 Å². The van der Waals surface area contributed by atoms with Crippen molar-refractivity contribution in [3.05, 3.63) is 34.3 Å². The van der Waals surface area contributed by atoms with Crippen LogP contribution in [0.5, 0.6) is 0 Å². The molecule has 1 fully saturated rings. The summed E-state index contributed by atoms with van der Waals surface area (Å²) in [5.41, 5.74) is 0.440. The molecule has 0 radical (unpaired) electrons. The van der Waals surface area contributed by atoms with E-state index in [2.05, 4.69) is 35.1 Å². The highest BCUT2D eigenvalue weighted by Crippen LogP contribution is 2.33. The second kappa shape index (κ2) is 8.32. The van der Waals surface area contributed by atoms with Crippen LogP contribution in [0, 0.1) is 17.2 Å². The Hall–Kier alpha value is -1.40. The number of carbonyl (C=O) groups is 1. The molecule has 1 aliphatic rings. The van der Waals surface area contributed by atoms with E-state index in [1.54, 1.807) is 4.90 Å². The number of amides is 2. The van der Waals surface area contributed by atoms with Gasteiger partial charge in [0.25, 0.3) is 0 Å². The lowest BCUT2D eigenvalue weighted by molar-refractivity contribution is 0.139. The standard InChI is InChI=1S/C19H28BrN3O2/c1-13(2)19(3,15-4-6-16(20)7-5-15)17(21)22-18(25)23-10-8-14(12-24)9-11-23/h4-7,13-14,24H,8-12H2,1-3H3,(H2,21,22,25). The molecule has 1 aromatic carbocycles. The van der Waals surface area contributed by atoms with E-state index in [-0.39, 0.29) is 30.3 Å². The lowest BCUT2D eigenvalue weighted by Crippen LogP contribution is -2.53. The van der Waals surface area contributed by atoms with E-state index in [4.69, 9.17) is 5.41 Å². The quantitative estimate of drug-likeness (QED) is 0.522. The number of hydrogen-bond donors (Lipinski definition) is 3. The zero-order chi connectivity index (χ0) is 18.6. The van der Waals surface area contributed by atoms with Gasteiger partial charge in [-0.2, -0.15) is 0 Å². The summed E-state index contributed by atoms with van der Waals surface area (Å²) in [7, 11) is 0. The molecular formula is C19H28BrN3O2. The van der Waals surface area contributed by atoms with Crippen molar-refractivity contribution < 1.29 is 9.90 Å². The minimum absolute atomic E-state index is 0.154. The molecule has 5 nitrogen and oxygen atoms in total. The molecule has 25 heavy (non-hydrogen) atoms. The van der Waals surface area contributed by atoms with Crippen molar-refractivity contribution in [3.63, 3.8) is 0 Å². The summed E-state index contributed by atoms with van der Waals surface area (Å²) in [4.78, 5) is 14.3. The van der Waals surface area contributed by atoms with Crippen molar-refractivity contribution in [3.8, 4) is 0 Å². The highest BCUT2D eigenvalue weighted by molar-refractivity contribution is 9.10. The molecule has 1 heterocycles. The van der Waals surface area contributed by atoms with Gasteiger partial charge in [-0.15, -0.1) is 0 Å². The molecule has 2 rings (SSSR count). The first-order valence-electron chi connectivity index (χ1n) is 8.80. The molecule has 3 N–H and O–H groups in total. The summed E-state index contributed by atoms with van der Waals surface area (Å²) in [6, 6.07) is 7.70. The van der Waals surface area contributed by atoms with Gasteiger partial charge in [0.1, 0.15) is 5.84 Å². The molecule has 1 aliphatic heterocycles. The molecule has 138 valence electrons. The zero-order valence-corrected chi connectivity index (χ0v) is 16.8. The van der Waals surface area contributed by atoms with Crippen molar-refractivity contribution in [2.75, 3.05) is 19.7 Å². The van der Waals surface area contributed by atoms with E-state index < -0.39 is 5.41 Å². The van der Waals surface area contributed by atoms with Gasteiger partial charge in [0.05, 0.1) is 5.41 Å². The second-order valence-electron chi connectivity index (χ2n) is 7.28. The smallest absolute Gasteiger partial charge is 0.322 e. The van der Waals surface area contributed by atoms with E-state index in [0.717, 1.165) is 22.9 Å². The SMILES string of the molecule is CC(C)C(C)(C(=N)NC(=O)N1CCC(CO)CC1)c1ccc(Br)cc1. The van der Waals surface area contributed by atoms with E-state index in [1.807, 2.05) is 31.2 Å². The van der Waals surface area contributed by atoms with Crippen LogP contribution in [0.2, 0.25) is 0 Å². The van der Waals surface area contributed by atoms with Crippen LogP contribution in [0.15, 0.2) is 28.7 Å². The first-order chi connectivity index (χ1) is 11.8. The third kappa shape index (κ3) is 4.42. The van der Waals surface area contributed by atoms with Crippen LogP contribution in [0.3, 0.4) is 0 Å². The number of urea groups is 1. The van der Waals surface area contributed by atoms with Gasteiger partial charge in [-0.3, -0.25) is 10.7 Å². The molecule has 1 unspecified atom stereocenters. The number of amidine groups is 1. The number of carbonyl (C=O) groups excluding carboxylic acids is 1. The van der Waals surface area contributed by atoms with Gasteiger partial charge < -0.3 is 10.0 Å². The lowest BCUT2D eigenvalue weighted by Gasteiger charge is -2.37. The van der Waals surface area contributed by atoms with Crippen LogP contribution in [0.4, 0.5) is 4.79 Å². The first kappa shape index (κ1) is 19.9. The second-order valence-corrected chi connectivity index (χ2v) is 8.20. The summed E-state index contributed by atoms with van der Waals surface area (Å²) in [6.07, 6.45) is 1.62. The molecule has 1 saturated heterocycles. The fraction of sp³-hybridized carbons (Fsp3) is 0.579. The molecule has 0 bridgehead atoms. The van der Waals surface area contributed by atoms with Gasteiger partial charge in [0, 0.05) is 24.2 Å². The fourth-order valence-corrected chi connectivity index (χ4v) is 3.46. The Morgan fingerprint density at radius 2 is 1.92 bits per heavy atom. The predicted molar refractivity (Wildman–Crippen MR) is 104 cm³/mol. The van der Waals surface area contributed by atoms with Crippen LogP contribution >= 0.6 is 15.9 Å². The normalized spacial score (nSPS) is 18.1. The van der Waals surface area contributed by atoms with Crippen LogP contribution in [0.1, 0.15) is 39.2 Å². The minimum Gasteiger partial charge on any atom is -0.396 e. The lowest BCUT2D eigenvalue weighted by atomic mass is 9.72. The number of piperidine rings is 1. The van der Waals surface area contributed by atoms with Crippen molar-refractivity contribution in [1.82, 2.24) is 10.2 Å². The highest BCUT2D eigenvalue weighted by atomic mass is 79.9. The van der Waals surface area contributed by atoms with Crippen molar-refractivity contribution in [2.24, 2.45) is 11.8 Å². The van der Waals surface area contributed by atoms with Crippen LogP contribution < -0.4 is 5.32 Å². The Kier molecular flexibility index (Phi) is 6.63. The molecule has 0 spiro atoms. The number of aliphatic hydroxyl groups is 1. The van der Waals surface area contributed by atoms with Gasteiger partial charge in [-0.1, -0.05) is 41.9 Å². The summed E-state index contributed by atoms with van der Waals surface area (Å²) in [5.74, 6) is 0.660. The van der Waals surface area contributed by atoms with E-state index in [9.17, 15) is 9.90 Å². The number of halogens is 1. The van der Waals surface area contributed by atoms with Crippen LogP contribution in [-0.4, -0.2) is 41.6 Å². The summed E-state index contributed by atoms with van der Waals surface area (Å²) in [5, 5.41) is 20.6. The molecular weight excluding hydrogens is 382 g/mol. The van der Waals surface area contributed by atoms with Gasteiger partial charge in [-0.25, -0.2) is 4.79 Å². The van der Waals surface area contributed by atoms with Gasteiger partial charge in [-0.05, 0) is 49.3 Å². The van der Waals surface area contributed by atoms with Crippen LogP contribution in [-0.2, 0) is 5.41 Å².